The number of hydrogen-bond acceptors (Lipinski definition) is 3. The van der Waals surface area contributed by atoms with Gasteiger partial charge in [0.05, 0.1) is 16.5 Å². The number of amides is 1. The van der Waals surface area contributed by atoms with E-state index in [0.29, 0.717) is 25.5 Å². The topological polar surface area (TPSA) is 66.5 Å². The summed E-state index contributed by atoms with van der Waals surface area (Å²) in [5.41, 5.74) is 0.825. The summed E-state index contributed by atoms with van der Waals surface area (Å²) >= 11 is 0. The van der Waals surface area contributed by atoms with Crippen LogP contribution in [0.1, 0.15) is 18.4 Å². The summed E-state index contributed by atoms with van der Waals surface area (Å²) in [5, 5.41) is 2.42. The molecular weight excluding hydrogens is 374 g/mol. The van der Waals surface area contributed by atoms with Crippen molar-refractivity contribution in [2.75, 3.05) is 18.4 Å². The largest absolute Gasteiger partial charge is 0.323 e. The maximum absolute atomic E-state index is 13.7. The molecule has 0 spiro atoms. The van der Waals surface area contributed by atoms with E-state index in [-0.39, 0.29) is 17.1 Å². The van der Waals surface area contributed by atoms with Crippen LogP contribution in [0.4, 0.5) is 14.5 Å². The first-order valence-corrected chi connectivity index (χ1v) is 10.0. The number of piperidine rings is 1. The number of nitrogens with zero attached hydrogens (tertiary/aromatic N) is 1. The Morgan fingerprint density at radius 3 is 2.52 bits per heavy atom. The molecule has 0 saturated carbocycles. The maximum Gasteiger partial charge on any atom is 0.243 e. The van der Waals surface area contributed by atoms with Crippen molar-refractivity contribution in [2.24, 2.45) is 5.92 Å². The average molecular weight is 394 g/mol. The van der Waals surface area contributed by atoms with Crippen LogP contribution in [0.3, 0.4) is 0 Å². The first kappa shape index (κ1) is 19.4. The molecule has 1 aliphatic heterocycles. The van der Waals surface area contributed by atoms with E-state index in [1.807, 2.05) is 6.92 Å². The number of hydrogen-bond donors (Lipinski definition) is 1. The number of anilines is 1. The van der Waals surface area contributed by atoms with Crippen molar-refractivity contribution >= 4 is 21.6 Å². The van der Waals surface area contributed by atoms with Gasteiger partial charge < -0.3 is 5.32 Å². The molecule has 27 heavy (non-hydrogen) atoms. The molecule has 1 N–H and O–H groups in total. The summed E-state index contributed by atoms with van der Waals surface area (Å²) in [4.78, 5) is 12.6. The molecule has 0 aromatic heterocycles. The standard InChI is InChI=1S/C19H20F2N2O3S/c1-13-4-7-16(8-5-13)27(25,26)23-10-2-3-14(12-23)19(24)22-18-9-6-15(20)11-17(18)21/h4-9,11,14H,2-3,10,12H2,1H3,(H,22,24)/t14-/m0/s1. The van der Waals surface area contributed by atoms with Crippen molar-refractivity contribution in [3.05, 3.63) is 59.7 Å². The summed E-state index contributed by atoms with van der Waals surface area (Å²) in [6.07, 6.45) is 1.02. The minimum Gasteiger partial charge on any atom is -0.323 e. The first-order chi connectivity index (χ1) is 12.8. The summed E-state index contributed by atoms with van der Waals surface area (Å²) in [6, 6.07) is 9.41. The number of nitrogens with one attached hydrogen (secondary N) is 1. The van der Waals surface area contributed by atoms with Crippen LogP contribution in [0.25, 0.3) is 0 Å². The van der Waals surface area contributed by atoms with Gasteiger partial charge in [0.2, 0.25) is 15.9 Å². The van der Waals surface area contributed by atoms with Crippen molar-refractivity contribution in [3.63, 3.8) is 0 Å². The van der Waals surface area contributed by atoms with Crippen LogP contribution in [0.5, 0.6) is 0 Å². The van der Waals surface area contributed by atoms with E-state index in [2.05, 4.69) is 5.32 Å². The number of sulfonamides is 1. The molecule has 1 heterocycles. The molecular formula is C19H20F2N2O3S. The Bertz CT molecular complexity index is 946. The lowest BCUT2D eigenvalue weighted by molar-refractivity contribution is -0.120. The van der Waals surface area contributed by atoms with Crippen LogP contribution in [0.15, 0.2) is 47.4 Å². The quantitative estimate of drug-likeness (QED) is 0.865. The number of halogens is 2. The molecule has 1 saturated heterocycles. The fourth-order valence-electron chi connectivity index (χ4n) is 3.06. The van der Waals surface area contributed by atoms with Crippen LogP contribution >= 0.6 is 0 Å². The molecule has 1 fully saturated rings. The Morgan fingerprint density at radius 2 is 1.85 bits per heavy atom. The molecule has 0 aliphatic carbocycles. The molecule has 3 rings (SSSR count). The second kappa shape index (κ2) is 7.74. The van der Waals surface area contributed by atoms with Gasteiger partial charge in [0.15, 0.2) is 0 Å². The van der Waals surface area contributed by atoms with Gasteiger partial charge in [0.1, 0.15) is 11.6 Å². The van der Waals surface area contributed by atoms with E-state index in [4.69, 9.17) is 0 Å². The highest BCUT2D eigenvalue weighted by Gasteiger charge is 2.33. The Hall–Kier alpha value is -2.32. The van der Waals surface area contributed by atoms with Gasteiger partial charge in [-0.2, -0.15) is 4.31 Å². The highest BCUT2D eigenvalue weighted by Crippen LogP contribution is 2.25. The minimum absolute atomic E-state index is 0.0187. The fourth-order valence-corrected chi connectivity index (χ4v) is 4.58. The predicted molar refractivity (Wildman–Crippen MR) is 97.6 cm³/mol. The lowest BCUT2D eigenvalue weighted by Gasteiger charge is -2.31. The van der Waals surface area contributed by atoms with E-state index < -0.39 is 33.5 Å². The minimum atomic E-state index is -3.70. The summed E-state index contributed by atoms with van der Waals surface area (Å²) < 4.78 is 53.6. The van der Waals surface area contributed by atoms with Crippen LogP contribution in [-0.2, 0) is 14.8 Å². The van der Waals surface area contributed by atoms with E-state index >= 15 is 0 Å². The molecule has 8 heteroatoms. The van der Waals surface area contributed by atoms with Crippen molar-refractivity contribution in [3.8, 4) is 0 Å². The van der Waals surface area contributed by atoms with Crippen molar-refractivity contribution in [1.29, 1.82) is 0 Å². The van der Waals surface area contributed by atoms with Crippen LogP contribution in [-0.4, -0.2) is 31.7 Å². The summed E-state index contributed by atoms with van der Waals surface area (Å²) in [7, 11) is -3.70. The third-order valence-electron chi connectivity index (χ3n) is 4.60. The number of benzene rings is 2. The zero-order valence-corrected chi connectivity index (χ0v) is 15.6. The van der Waals surface area contributed by atoms with Crippen molar-refractivity contribution in [1.82, 2.24) is 4.31 Å². The highest BCUT2D eigenvalue weighted by atomic mass is 32.2. The maximum atomic E-state index is 13.7. The SMILES string of the molecule is Cc1ccc(S(=O)(=O)N2CCC[C@H](C(=O)Nc3ccc(F)cc3F)C2)cc1. The first-order valence-electron chi connectivity index (χ1n) is 8.60. The average Bonchev–Trinajstić information content (AvgIpc) is 2.64. The molecule has 1 aliphatic rings. The van der Waals surface area contributed by atoms with Gasteiger partial charge in [-0.1, -0.05) is 17.7 Å². The Balaban J connectivity index is 1.73. The van der Waals surface area contributed by atoms with Gasteiger partial charge in [0.25, 0.3) is 0 Å². The predicted octanol–water partition coefficient (Wildman–Crippen LogP) is 3.31. The van der Waals surface area contributed by atoms with Crippen LogP contribution < -0.4 is 5.32 Å². The highest BCUT2D eigenvalue weighted by molar-refractivity contribution is 7.89. The Labute approximate surface area is 157 Å². The van der Waals surface area contributed by atoms with Crippen molar-refractivity contribution in [2.45, 2.75) is 24.7 Å². The molecule has 0 bridgehead atoms. The molecule has 0 unspecified atom stereocenters. The molecule has 5 nitrogen and oxygen atoms in total. The second-order valence-corrected chi connectivity index (χ2v) is 8.57. The third kappa shape index (κ3) is 4.33. The normalized spacial score (nSPS) is 18.3. The van der Waals surface area contributed by atoms with Crippen LogP contribution in [0.2, 0.25) is 0 Å². The molecule has 1 amide bonds. The Kier molecular flexibility index (Phi) is 5.57. The van der Waals surface area contributed by atoms with E-state index in [9.17, 15) is 22.0 Å². The van der Waals surface area contributed by atoms with Gasteiger partial charge in [-0.15, -0.1) is 0 Å². The number of rotatable bonds is 4. The van der Waals surface area contributed by atoms with Gasteiger partial charge in [-0.3, -0.25) is 4.79 Å². The van der Waals surface area contributed by atoms with Crippen molar-refractivity contribution < 1.29 is 22.0 Å². The summed E-state index contributed by atoms with van der Waals surface area (Å²) in [5.74, 6) is -2.70. The lowest BCUT2D eigenvalue weighted by atomic mass is 9.98. The smallest absolute Gasteiger partial charge is 0.243 e. The van der Waals surface area contributed by atoms with Crippen LogP contribution in [0, 0.1) is 24.5 Å². The molecule has 144 valence electrons. The van der Waals surface area contributed by atoms with E-state index in [1.54, 1.807) is 24.3 Å². The lowest BCUT2D eigenvalue weighted by Crippen LogP contribution is -2.43. The van der Waals surface area contributed by atoms with Gasteiger partial charge in [0, 0.05) is 19.2 Å². The zero-order valence-electron chi connectivity index (χ0n) is 14.8. The van der Waals surface area contributed by atoms with Gasteiger partial charge in [-0.25, -0.2) is 17.2 Å². The number of aryl methyl sites for hydroxylation is 1. The van der Waals surface area contributed by atoms with E-state index in [1.165, 1.54) is 4.31 Å². The second-order valence-electron chi connectivity index (χ2n) is 6.63. The fraction of sp³-hybridized carbons (Fsp3) is 0.316. The molecule has 0 radical (unpaired) electrons. The number of carbonyl (C=O) groups excluding carboxylic acids is 1. The third-order valence-corrected chi connectivity index (χ3v) is 6.48. The van der Waals surface area contributed by atoms with Gasteiger partial charge >= 0.3 is 0 Å². The van der Waals surface area contributed by atoms with Gasteiger partial charge in [-0.05, 0) is 44.0 Å². The zero-order chi connectivity index (χ0) is 19.6. The van der Waals surface area contributed by atoms with E-state index in [0.717, 1.165) is 17.7 Å². The molecule has 1 atom stereocenters. The molecule has 2 aromatic rings. The Morgan fingerprint density at radius 1 is 1.15 bits per heavy atom. The molecule has 2 aromatic carbocycles. The summed E-state index contributed by atoms with van der Waals surface area (Å²) in [6.45, 7) is 2.21. The monoisotopic (exact) mass is 394 g/mol. The number of carbonyl (C=O) groups is 1.